The minimum absolute atomic E-state index is 0.175. The van der Waals surface area contributed by atoms with Gasteiger partial charge in [0.1, 0.15) is 0 Å². The van der Waals surface area contributed by atoms with E-state index in [1.165, 1.54) is 12.1 Å². The van der Waals surface area contributed by atoms with E-state index in [2.05, 4.69) is 0 Å². The Bertz CT molecular complexity index is 892. The lowest BCUT2D eigenvalue weighted by Crippen LogP contribution is -2.24. The third kappa shape index (κ3) is 5.00. The van der Waals surface area contributed by atoms with Crippen LogP contribution in [0.1, 0.15) is 22.8 Å². The molecule has 0 aliphatic carbocycles. The highest BCUT2D eigenvalue weighted by atomic mass is 19.4. The molecule has 0 heterocycles. The van der Waals surface area contributed by atoms with Gasteiger partial charge in [0.05, 0.1) is 11.7 Å². The summed E-state index contributed by atoms with van der Waals surface area (Å²) >= 11 is 0. The van der Waals surface area contributed by atoms with Crippen molar-refractivity contribution in [2.75, 3.05) is 13.6 Å². The van der Waals surface area contributed by atoms with Crippen LogP contribution in [0.2, 0.25) is 0 Å². The van der Waals surface area contributed by atoms with Crippen molar-refractivity contribution in [3.63, 3.8) is 0 Å². The van der Waals surface area contributed by atoms with Crippen molar-refractivity contribution in [2.24, 2.45) is 0 Å². The summed E-state index contributed by atoms with van der Waals surface area (Å²) in [4.78, 5) is 1.98. The van der Waals surface area contributed by atoms with E-state index in [4.69, 9.17) is 0 Å². The van der Waals surface area contributed by atoms with E-state index in [9.17, 15) is 18.3 Å². The van der Waals surface area contributed by atoms with Crippen LogP contribution < -0.4 is 0 Å². The zero-order valence-electron chi connectivity index (χ0n) is 15.5. The van der Waals surface area contributed by atoms with Crippen LogP contribution in [0.4, 0.5) is 13.2 Å². The molecule has 5 heteroatoms. The molecule has 3 aromatic carbocycles. The van der Waals surface area contributed by atoms with E-state index in [0.29, 0.717) is 18.7 Å². The molecular weight excluding hydrogens is 363 g/mol. The molecule has 0 unspecified atom stereocenters. The van der Waals surface area contributed by atoms with Crippen LogP contribution in [0.3, 0.4) is 0 Å². The molecule has 1 atom stereocenters. The number of likely N-dealkylation sites (N-methyl/N-ethyl adjacent to an activating group) is 1. The molecule has 0 spiro atoms. The first-order valence-electron chi connectivity index (χ1n) is 9.01. The molecule has 3 aromatic rings. The maximum atomic E-state index is 13.2. The second-order valence-corrected chi connectivity index (χ2v) is 6.86. The highest BCUT2D eigenvalue weighted by Gasteiger charge is 2.33. The molecular formula is C23H22F3NO. The maximum Gasteiger partial charge on any atom is 0.417 e. The van der Waals surface area contributed by atoms with Gasteiger partial charge in [-0.05, 0) is 35.4 Å². The number of nitrogens with zero attached hydrogens (tertiary/aromatic N) is 1. The second kappa shape index (κ2) is 8.59. The largest absolute Gasteiger partial charge is 0.417 e. The Morgan fingerprint density at radius 3 is 2.11 bits per heavy atom. The summed E-state index contributed by atoms with van der Waals surface area (Å²) in [7, 11) is 1.90. The molecule has 3 rings (SSSR count). The van der Waals surface area contributed by atoms with Crippen LogP contribution in [0.25, 0.3) is 11.1 Å². The predicted molar refractivity (Wildman–Crippen MR) is 105 cm³/mol. The first-order chi connectivity index (χ1) is 13.3. The van der Waals surface area contributed by atoms with E-state index in [1.54, 1.807) is 18.2 Å². The fourth-order valence-electron chi connectivity index (χ4n) is 3.22. The summed E-state index contributed by atoms with van der Waals surface area (Å²) in [5.41, 5.74) is 1.90. The highest BCUT2D eigenvalue weighted by molar-refractivity contribution is 5.68. The minimum atomic E-state index is -4.39. The van der Waals surface area contributed by atoms with Gasteiger partial charge in [-0.2, -0.15) is 13.2 Å². The zero-order valence-corrected chi connectivity index (χ0v) is 15.5. The quantitative estimate of drug-likeness (QED) is 0.602. The molecule has 0 fully saturated rings. The zero-order chi connectivity index (χ0) is 20.1. The van der Waals surface area contributed by atoms with E-state index < -0.39 is 17.8 Å². The van der Waals surface area contributed by atoms with Crippen LogP contribution in [-0.4, -0.2) is 23.6 Å². The van der Waals surface area contributed by atoms with Crippen LogP contribution in [0, 0.1) is 0 Å². The van der Waals surface area contributed by atoms with E-state index in [0.717, 1.165) is 17.2 Å². The monoisotopic (exact) mass is 385 g/mol. The second-order valence-electron chi connectivity index (χ2n) is 6.86. The number of hydrogen-bond donors (Lipinski definition) is 1. The Morgan fingerprint density at radius 1 is 0.857 bits per heavy atom. The van der Waals surface area contributed by atoms with E-state index >= 15 is 0 Å². The fourth-order valence-corrected chi connectivity index (χ4v) is 3.22. The molecule has 0 saturated carbocycles. The van der Waals surface area contributed by atoms with E-state index in [-0.39, 0.29) is 5.56 Å². The van der Waals surface area contributed by atoms with Gasteiger partial charge in [0, 0.05) is 13.1 Å². The van der Waals surface area contributed by atoms with Crippen LogP contribution >= 0.6 is 0 Å². The number of halogens is 3. The summed E-state index contributed by atoms with van der Waals surface area (Å²) in [6, 6.07) is 22.1. The average molecular weight is 385 g/mol. The van der Waals surface area contributed by atoms with Crippen molar-refractivity contribution in [3.05, 3.63) is 95.6 Å². The molecule has 0 radical (unpaired) electrons. The van der Waals surface area contributed by atoms with Crippen LogP contribution in [0.15, 0.2) is 78.9 Å². The van der Waals surface area contributed by atoms with Gasteiger partial charge in [-0.3, -0.25) is 4.90 Å². The van der Waals surface area contributed by atoms with Gasteiger partial charge in [-0.25, -0.2) is 0 Å². The normalized spacial score (nSPS) is 12.9. The third-order valence-corrected chi connectivity index (χ3v) is 4.62. The molecule has 0 aliphatic rings. The van der Waals surface area contributed by atoms with Gasteiger partial charge in [-0.1, -0.05) is 72.8 Å². The lowest BCUT2D eigenvalue weighted by Gasteiger charge is -2.21. The molecule has 0 aliphatic heterocycles. The van der Waals surface area contributed by atoms with Crippen molar-refractivity contribution in [2.45, 2.75) is 18.8 Å². The Balaban J connectivity index is 1.68. The molecule has 0 amide bonds. The number of rotatable bonds is 6. The van der Waals surface area contributed by atoms with Crippen molar-refractivity contribution in [1.29, 1.82) is 0 Å². The minimum Gasteiger partial charge on any atom is -0.387 e. The van der Waals surface area contributed by atoms with Crippen LogP contribution in [-0.2, 0) is 12.7 Å². The van der Waals surface area contributed by atoms with Gasteiger partial charge < -0.3 is 5.11 Å². The van der Waals surface area contributed by atoms with Crippen molar-refractivity contribution in [1.82, 2.24) is 4.90 Å². The number of alkyl halides is 3. The van der Waals surface area contributed by atoms with Gasteiger partial charge in [-0.15, -0.1) is 0 Å². The van der Waals surface area contributed by atoms with Crippen LogP contribution in [0.5, 0.6) is 0 Å². The summed E-state index contributed by atoms with van der Waals surface area (Å²) in [5.74, 6) is 0. The standard InChI is InChI=1S/C23H22F3NO/c1-27(16-22(28)19-7-3-2-4-8-19)15-17-11-13-18(14-12-17)20-9-5-6-10-21(20)23(24,25)26/h2-14,22,28H,15-16H2,1H3/t22-/m1/s1. The van der Waals surface area contributed by atoms with Crippen molar-refractivity contribution in [3.8, 4) is 11.1 Å². The smallest absolute Gasteiger partial charge is 0.387 e. The van der Waals surface area contributed by atoms with Gasteiger partial charge in [0.2, 0.25) is 0 Å². The lowest BCUT2D eigenvalue weighted by molar-refractivity contribution is -0.137. The lowest BCUT2D eigenvalue weighted by atomic mass is 9.98. The van der Waals surface area contributed by atoms with E-state index in [1.807, 2.05) is 54.4 Å². The molecule has 0 bridgehead atoms. The fraction of sp³-hybridized carbons (Fsp3) is 0.217. The first-order valence-corrected chi connectivity index (χ1v) is 9.01. The van der Waals surface area contributed by atoms with Gasteiger partial charge in [0.25, 0.3) is 0 Å². The number of aliphatic hydroxyl groups is 1. The Morgan fingerprint density at radius 2 is 1.46 bits per heavy atom. The molecule has 1 N–H and O–H groups in total. The summed E-state index contributed by atoms with van der Waals surface area (Å²) in [6.45, 7) is 1.05. The third-order valence-electron chi connectivity index (χ3n) is 4.62. The molecule has 0 saturated heterocycles. The average Bonchev–Trinajstić information content (AvgIpc) is 2.68. The molecule has 2 nitrogen and oxygen atoms in total. The van der Waals surface area contributed by atoms with Gasteiger partial charge >= 0.3 is 6.18 Å². The Hall–Kier alpha value is -2.63. The number of benzene rings is 3. The van der Waals surface area contributed by atoms with Crippen molar-refractivity contribution < 1.29 is 18.3 Å². The topological polar surface area (TPSA) is 23.5 Å². The summed E-state index contributed by atoms with van der Waals surface area (Å²) in [6.07, 6.45) is -4.98. The number of hydrogen-bond acceptors (Lipinski definition) is 2. The molecule has 28 heavy (non-hydrogen) atoms. The predicted octanol–water partition coefficient (Wildman–Crippen LogP) is 5.54. The molecule has 146 valence electrons. The summed E-state index contributed by atoms with van der Waals surface area (Å²) < 4.78 is 39.6. The first kappa shape index (κ1) is 20.1. The Labute approximate surface area is 162 Å². The highest BCUT2D eigenvalue weighted by Crippen LogP contribution is 2.36. The maximum absolute atomic E-state index is 13.2. The SMILES string of the molecule is CN(Cc1ccc(-c2ccccc2C(F)(F)F)cc1)C[C@@H](O)c1ccccc1. The van der Waals surface area contributed by atoms with Crippen molar-refractivity contribution >= 4 is 0 Å². The van der Waals surface area contributed by atoms with Gasteiger partial charge in [0.15, 0.2) is 0 Å². The summed E-state index contributed by atoms with van der Waals surface area (Å²) in [5, 5.41) is 10.3. The number of aliphatic hydroxyl groups excluding tert-OH is 1. The Kier molecular flexibility index (Phi) is 6.17. The molecule has 0 aromatic heterocycles.